The van der Waals surface area contributed by atoms with E-state index in [0.717, 1.165) is 25.2 Å². The third-order valence-corrected chi connectivity index (χ3v) is 4.41. The molecule has 4 nitrogen and oxygen atoms in total. The number of nitrogen functional groups attached to an aromatic ring is 1. The van der Waals surface area contributed by atoms with E-state index in [-0.39, 0.29) is 0 Å². The third-order valence-electron chi connectivity index (χ3n) is 2.38. The molecule has 3 heterocycles. The molecule has 0 unspecified atom stereocenters. The van der Waals surface area contributed by atoms with Crippen LogP contribution < -0.4 is 5.73 Å². The molecule has 0 saturated heterocycles. The maximum Gasteiger partial charge on any atom is 0.201 e. The standard InChI is InChI=1S/C10H9N3OS2/c1-4-7(11)9-10(15-4)8(13-14-9)6-3-12-5(2)16-6/h3H,11H2,1-2H3. The predicted molar refractivity (Wildman–Crippen MR) is 66.9 cm³/mol. The van der Waals surface area contributed by atoms with Crippen molar-refractivity contribution >= 4 is 38.6 Å². The summed E-state index contributed by atoms with van der Waals surface area (Å²) in [6.45, 7) is 3.96. The Morgan fingerprint density at radius 2 is 2.12 bits per heavy atom. The van der Waals surface area contributed by atoms with E-state index in [1.54, 1.807) is 22.7 Å². The van der Waals surface area contributed by atoms with Gasteiger partial charge in [0, 0.05) is 11.1 Å². The lowest BCUT2D eigenvalue weighted by molar-refractivity contribution is 0.460. The number of thiazole rings is 1. The molecule has 0 amide bonds. The molecule has 0 radical (unpaired) electrons. The maximum absolute atomic E-state index is 5.90. The fraction of sp³-hybridized carbons (Fsp3) is 0.200. The topological polar surface area (TPSA) is 64.9 Å². The Morgan fingerprint density at radius 3 is 2.81 bits per heavy atom. The third kappa shape index (κ3) is 1.27. The van der Waals surface area contributed by atoms with Crippen molar-refractivity contribution in [3.63, 3.8) is 0 Å². The summed E-state index contributed by atoms with van der Waals surface area (Å²) in [7, 11) is 0. The first-order valence-electron chi connectivity index (χ1n) is 4.74. The van der Waals surface area contributed by atoms with Crippen molar-refractivity contribution in [3.8, 4) is 10.6 Å². The molecule has 0 aromatic carbocycles. The normalized spacial score (nSPS) is 11.4. The van der Waals surface area contributed by atoms with Crippen molar-refractivity contribution in [2.75, 3.05) is 5.73 Å². The maximum atomic E-state index is 5.90. The number of rotatable bonds is 1. The molecule has 0 saturated carbocycles. The summed E-state index contributed by atoms with van der Waals surface area (Å²) in [4.78, 5) is 6.31. The second kappa shape index (κ2) is 3.29. The van der Waals surface area contributed by atoms with Crippen LogP contribution in [0.15, 0.2) is 10.7 Å². The Labute approximate surface area is 99.7 Å². The van der Waals surface area contributed by atoms with Gasteiger partial charge in [-0.05, 0) is 13.8 Å². The molecule has 0 aliphatic carbocycles. The van der Waals surface area contributed by atoms with Gasteiger partial charge in [0.1, 0.15) is 10.4 Å². The van der Waals surface area contributed by atoms with Gasteiger partial charge in [-0.15, -0.1) is 22.7 Å². The molecular formula is C10H9N3OS2. The SMILES string of the molecule is Cc1ncc(-c2noc3c(N)c(C)sc23)s1. The fourth-order valence-corrected chi connectivity index (χ4v) is 3.37. The summed E-state index contributed by atoms with van der Waals surface area (Å²) in [6, 6.07) is 0. The van der Waals surface area contributed by atoms with Crippen LogP contribution in [0.3, 0.4) is 0 Å². The summed E-state index contributed by atoms with van der Waals surface area (Å²) in [6.07, 6.45) is 1.82. The molecule has 3 rings (SSSR count). The number of thiophene rings is 1. The van der Waals surface area contributed by atoms with Gasteiger partial charge in [-0.25, -0.2) is 4.98 Å². The quantitative estimate of drug-likeness (QED) is 0.721. The molecule has 0 spiro atoms. The van der Waals surface area contributed by atoms with Crippen LogP contribution in [0.4, 0.5) is 5.69 Å². The van der Waals surface area contributed by atoms with Crippen LogP contribution in [-0.4, -0.2) is 10.1 Å². The smallest absolute Gasteiger partial charge is 0.201 e. The van der Waals surface area contributed by atoms with Crippen LogP contribution in [0.5, 0.6) is 0 Å². The van der Waals surface area contributed by atoms with E-state index in [2.05, 4.69) is 10.1 Å². The Bertz CT molecular complexity index is 665. The lowest BCUT2D eigenvalue weighted by atomic mass is 10.3. The van der Waals surface area contributed by atoms with Gasteiger partial charge in [-0.1, -0.05) is 5.16 Å². The Balaban J connectivity index is 2.28. The number of nitrogens with zero attached hydrogens (tertiary/aromatic N) is 2. The molecule has 0 bridgehead atoms. The van der Waals surface area contributed by atoms with Crippen molar-refractivity contribution in [1.82, 2.24) is 10.1 Å². The first-order chi connectivity index (χ1) is 7.66. The summed E-state index contributed by atoms with van der Waals surface area (Å²) in [5, 5.41) is 5.09. The van der Waals surface area contributed by atoms with E-state index in [0.29, 0.717) is 11.3 Å². The molecule has 3 aromatic heterocycles. The molecular weight excluding hydrogens is 242 g/mol. The van der Waals surface area contributed by atoms with E-state index in [1.807, 2.05) is 20.0 Å². The fourth-order valence-electron chi connectivity index (χ4n) is 1.54. The predicted octanol–water partition coefficient (Wildman–Crippen LogP) is 3.21. The van der Waals surface area contributed by atoms with Gasteiger partial charge in [0.15, 0.2) is 0 Å². The van der Waals surface area contributed by atoms with Crippen LogP contribution in [0.1, 0.15) is 9.88 Å². The number of anilines is 1. The highest BCUT2D eigenvalue weighted by molar-refractivity contribution is 7.21. The van der Waals surface area contributed by atoms with Gasteiger partial charge in [-0.2, -0.15) is 0 Å². The monoisotopic (exact) mass is 251 g/mol. The second-order valence-corrected chi connectivity index (χ2v) is 5.96. The number of aryl methyl sites for hydroxylation is 2. The molecule has 0 atom stereocenters. The number of fused-ring (bicyclic) bond motifs is 1. The highest BCUT2D eigenvalue weighted by Gasteiger charge is 2.18. The number of aromatic nitrogens is 2. The molecule has 6 heteroatoms. The first kappa shape index (κ1) is 9.80. The summed E-state index contributed by atoms with van der Waals surface area (Å²) in [5.41, 5.74) is 8.14. The number of hydrogen-bond donors (Lipinski definition) is 1. The Hall–Kier alpha value is -1.40. The summed E-state index contributed by atoms with van der Waals surface area (Å²) < 4.78 is 6.29. The van der Waals surface area contributed by atoms with E-state index in [4.69, 9.17) is 10.3 Å². The van der Waals surface area contributed by atoms with Gasteiger partial charge in [-0.3, -0.25) is 0 Å². The molecule has 82 valence electrons. The van der Waals surface area contributed by atoms with Crippen molar-refractivity contribution in [1.29, 1.82) is 0 Å². The Kier molecular flexibility index (Phi) is 2.02. The number of hydrogen-bond acceptors (Lipinski definition) is 6. The van der Waals surface area contributed by atoms with E-state index in [9.17, 15) is 0 Å². The lowest BCUT2D eigenvalue weighted by Gasteiger charge is -1.86. The van der Waals surface area contributed by atoms with Gasteiger partial charge in [0.25, 0.3) is 0 Å². The van der Waals surface area contributed by atoms with Crippen LogP contribution in [0, 0.1) is 13.8 Å². The van der Waals surface area contributed by atoms with Crippen molar-refractivity contribution in [2.45, 2.75) is 13.8 Å². The average molecular weight is 251 g/mol. The zero-order valence-electron chi connectivity index (χ0n) is 8.77. The molecule has 2 N–H and O–H groups in total. The van der Waals surface area contributed by atoms with E-state index < -0.39 is 0 Å². The zero-order chi connectivity index (χ0) is 11.3. The second-order valence-electron chi connectivity index (χ2n) is 3.50. The Morgan fingerprint density at radius 1 is 1.31 bits per heavy atom. The van der Waals surface area contributed by atoms with Crippen LogP contribution in [0.25, 0.3) is 20.9 Å². The molecule has 3 aromatic rings. The van der Waals surface area contributed by atoms with Crippen LogP contribution in [-0.2, 0) is 0 Å². The van der Waals surface area contributed by atoms with Gasteiger partial charge >= 0.3 is 0 Å². The molecule has 0 aliphatic heterocycles. The number of nitrogens with two attached hydrogens (primary N) is 1. The first-order valence-corrected chi connectivity index (χ1v) is 6.37. The minimum absolute atomic E-state index is 0.694. The van der Waals surface area contributed by atoms with Gasteiger partial charge < -0.3 is 10.3 Å². The molecule has 0 fully saturated rings. The van der Waals surface area contributed by atoms with E-state index >= 15 is 0 Å². The highest BCUT2D eigenvalue weighted by atomic mass is 32.1. The lowest BCUT2D eigenvalue weighted by Crippen LogP contribution is -1.81. The van der Waals surface area contributed by atoms with Crippen molar-refractivity contribution in [3.05, 3.63) is 16.1 Å². The van der Waals surface area contributed by atoms with Gasteiger partial charge in [0.05, 0.1) is 15.6 Å². The van der Waals surface area contributed by atoms with Crippen LogP contribution in [0.2, 0.25) is 0 Å². The largest absolute Gasteiger partial charge is 0.395 e. The van der Waals surface area contributed by atoms with Crippen molar-refractivity contribution in [2.24, 2.45) is 0 Å². The minimum Gasteiger partial charge on any atom is -0.395 e. The summed E-state index contributed by atoms with van der Waals surface area (Å²) >= 11 is 3.22. The average Bonchev–Trinajstić information content (AvgIpc) is 2.88. The van der Waals surface area contributed by atoms with Crippen LogP contribution >= 0.6 is 22.7 Å². The summed E-state index contributed by atoms with van der Waals surface area (Å²) in [5.74, 6) is 0. The highest BCUT2D eigenvalue weighted by Crippen LogP contribution is 2.40. The molecule has 16 heavy (non-hydrogen) atoms. The van der Waals surface area contributed by atoms with Crippen molar-refractivity contribution < 1.29 is 4.52 Å². The molecule has 0 aliphatic rings. The van der Waals surface area contributed by atoms with E-state index in [1.165, 1.54) is 0 Å². The zero-order valence-corrected chi connectivity index (χ0v) is 10.4. The minimum atomic E-state index is 0.694. The van der Waals surface area contributed by atoms with Gasteiger partial charge in [0.2, 0.25) is 5.58 Å².